The van der Waals surface area contributed by atoms with Crippen molar-refractivity contribution in [2.45, 2.75) is 33.9 Å². The van der Waals surface area contributed by atoms with Crippen LogP contribution in [0.5, 0.6) is 0 Å². The van der Waals surface area contributed by atoms with Crippen LogP contribution in [0.4, 0.5) is 0 Å². The van der Waals surface area contributed by atoms with Crippen LogP contribution in [0.25, 0.3) is 0 Å². The molecule has 0 aromatic carbocycles. The van der Waals surface area contributed by atoms with Gasteiger partial charge in [-0.15, -0.1) is 0 Å². The van der Waals surface area contributed by atoms with Crippen LogP contribution >= 0.6 is 0 Å². The molecule has 0 aliphatic carbocycles. The summed E-state index contributed by atoms with van der Waals surface area (Å²) in [5, 5.41) is 6.66. The summed E-state index contributed by atoms with van der Waals surface area (Å²) in [6.07, 6.45) is 0.451. The van der Waals surface area contributed by atoms with E-state index in [0.717, 1.165) is 19.0 Å². The van der Waals surface area contributed by atoms with Crippen LogP contribution in [0.3, 0.4) is 0 Å². The van der Waals surface area contributed by atoms with Crippen molar-refractivity contribution in [2.75, 3.05) is 13.1 Å². The molecule has 0 aromatic heterocycles. The first-order valence-electron chi connectivity index (χ1n) is 4.13. The Morgan fingerprint density at radius 1 is 1.10 bits per heavy atom. The smallest absolute Gasteiger partial charge is 0.0542 e. The van der Waals surface area contributed by atoms with Crippen LogP contribution < -0.4 is 10.6 Å². The topological polar surface area (TPSA) is 24.1 Å². The SMILES string of the molecule is CCNC(C)NCC(C)C. The zero-order valence-electron chi connectivity index (χ0n) is 7.57. The van der Waals surface area contributed by atoms with E-state index < -0.39 is 0 Å². The summed E-state index contributed by atoms with van der Waals surface area (Å²) in [4.78, 5) is 0. The molecule has 0 rings (SSSR count). The number of rotatable bonds is 5. The van der Waals surface area contributed by atoms with Crippen molar-refractivity contribution in [3.63, 3.8) is 0 Å². The number of hydrogen-bond acceptors (Lipinski definition) is 2. The fraction of sp³-hybridized carbons (Fsp3) is 1.00. The van der Waals surface area contributed by atoms with E-state index in [9.17, 15) is 0 Å². The lowest BCUT2D eigenvalue weighted by Crippen LogP contribution is -2.41. The first-order chi connectivity index (χ1) is 4.66. The molecule has 0 fully saturated rings. The summed E-state index contributed by atoms with van der Waals surface area (Å²) in [6, 6.07) is 0. The van der Waals surface area contributed by atoms with Crippen LogP contribution in [0, 0.1) is 5.92 Å². The minimum atomic E-state index is 0.451. The van der Waals surface area contributed by atoms with Gasteiger partial charge in [-0.3, -0.25) is 0 Å². The van der Waals surface area contributed by atoms with Gasteiger partial charge in [-0.2, -0.15) is 0 Å². The number of hydrogen-bond donors (Lipinski definition) is 2. The summed E-state index contributed by atoms with van der Waals surface area (Å²) in [6.45, 7) is 10.8. The van der Waals surface area contributed by atoms with Crippen molar-refractivity contribution < 1.29 is 0 Å². The molecule has 2 N–H and O–H groups in total. The van der Waals surface area contributed by atoms with Crippen LogP contribution in [0.1, 0.15) is 27.7 Å². The second-order valence-electron chi connectivity index (χ2n) is 3.08. The molecule has 0 radical (unpaired) electrons. The Balaban J connectivity index is 3.12. The average molecular weight is 144 g/mol. The molecule has 0 bridgehead atoms. The van der Waals surface area contributed by atoms with Crippen molar-refractivity contribution in [2.24, 2.45) is 5.92 Å². The summed E-state index contributed by atoms with van der Waals surface area (Å²) in [7, 11) is 0. The van der Waals surface area contributed by atoms with E-state index in [1.165, 1.54) is 0 Å². The van der Waals surface area contributed by atoms with Gasteiger partial charge >= 0.3 is 0 Å². The number of nitrogens with one attached hydrogen (secondary N) is 2. The molecule has 2 heteroatoms. The first-order valence-corrected chi connectivity index (χ1v) is 4.13. The lowest BCUT2D eigenvalue weighted by atomic mass is 10.2. The normalized spacial score (nSPS) is 14.1. The minimum Gasteiger partial charge on any atom is -0.302 e. The van der Waals surface area contributed by atoms with E-state index >= 15 is 0 Å². The predicted octanol–water partition coefficient (Wildman–Crippen LogP) is 1.19. The lowest BCUT2D eigenvalue weighted by Gasteiger charge is -2.15. The second kappa shape index (κ2) is 5.69. The average Bonchev–Trinajstić information content (AvgIpc) is 1.85. The van der Waals surface area contributed by atoms with E-state index in [4.69, 9.17) is 0 Å². The summed E-state index contributed by atoms with van der Waals surface area (Å²) in [5.41, 5.74) is 0. The molecule has 1 unspecified atom stereocenters. The predicted molar refractivity (Wildman–Crippen MR) is 46.0 cm³/mol. The highest BCUT2D eigenvalue weighted by Crippen LogP contribution is 1.87. The maximum absolute atomic E-state index is 3.37. The van der Waals surface area contributed by atoms with Crippen LogP contribution in [0.15, 0.2) is 0 Å². The van der Waals surface area contributed by atoms with Crippen molar-refractivity contribution in [3.8, 4) is 0 Å². The molecule has 0 aliphatic rings. The van der Waals surface area contributed by atoms with Gasteiger partial charge in [0.2, 0.25) is 0 Å². The van der Waals surface area contributed by atoms with Crippen LogP contribution in [0.2, 0.25) is 0 Å². The quantitative estimate of drug-likeness (QED) is 0.566. The fourth-order valence-electron chi connectivity index (χ4n) is 0.791. The Bertz CT molecular complexity index is 71.7. The van der Waals surface area contributed by atoms with Gasteiger partial charge in [-0.25, -0.2) is 0 Å². The summed E-state index contributed by atoms with van der Waals surface area (Å²) < 4.78 is 0. The Morgan fingerprint density at radius 3 is 2.10 bits per heavy atom. The third-order valence-corrected chi connectivity index (χ3v) is 1.34. The monoisotopic (exact) mass is 144 g/mol. The van der Waals surface area contributed by atoms with Gasteiger partial charge in [-0.1, -0.05) is 20.8 Å². The van der Waals surface area contributed by atoms with E-state index in [1.54, 1.807) is 0 Å². The zero-order valence-corrected chi connectivity index (χ0v) is 7.57. The zero-order chi connectivity index (χ0) is 7.98. The third-order valence-electron chi connectivity index (χ3n) is 1.34. The fourth-order valence-corrected chi connectivity index (χ4v) is 0.791. The molecule has 2 nitrogen and oxygen atoms in total. The lowest BCUT2D eigenvalue weighted by molar-refractivity contribution is 0.429. The van der Waals surface area contributed by atoms with Gasteiger partial charge in [0.25, 0.3) is 0 Å². The molecule has 0 aliphatic heterocycles. The maximum atomic E-state index is 3.37. The van der Waals surface area contributed by atoms with Crippen molar-refractivity contribution in [1.82, 2.24) is 10.6 Å². The van der Waals surface area contributed by atoms with Gasteiger partial charge < -0.3 is 10.6 Å². The van der Waals surface area contributed by atoms with E-state index in [2.05, 4.69) is 38.3 Å². The van der Waals surface area contributed by atoms with Gasteiger partial charge in [0.15, 0.2) is 0 Å². The van der Waals surface area contributed by atoms with E-state index in [1.807, 2.05) is 0 Å². The van der Waals surface area contributed by atoms with Crippen LogP contribution in [-0.2, 0) is 0 Å². The highest BCUT2D eigenvalue weighted by Gasteiger charge is 1.98. The molecule has 10 heavy (non-hydrogen) atoms. The van der Waals surface area contributed by atoms with E-state index in [-0.39, 0.29) is 0 Å². The largest absolute Gasteiger partial charge is 0.302 e. The van der Waals surface area contributed by atoms with Crippen LogP contribution in [-0.4, -0.2) is 19.3 Å². The first kappa shape index (κ1) is 9.92. The van der Waals surface area contributed by atoms with Crippen molar-refractivity contribution >= 4 is 0 Å². The van der Waals surface area contributed by atoms with Gasteiger partial charge in [0, 0.05) is 0 Å². The van der Waals surface area contributed by atoms with Crippen molar-refractivity contribution in [3.05, 3.63) is 0 Å². The molecular formula is C8H20N2. The summed E-state index contributed by atoms with van der Waals surface area (Å²) >= 11 is 0. The summed E-state index contributed by atoms with van der Waals surface area (Å²) in [5.74, 6) is 0.737. The van der Waals surface area contributed by atoms with Gasteiger partial charge in [-0.05, 0) is 25.9 Å². The van der Waals surface area contributed by atoms with Crippen molar-refractivity contribution in [1.29, 1.82) is 0 Å². The minimum absolute atomic E-state index is 0.451. The van der Waals surface area contributed by atoms with Gasteiger partial charge in [0.1, 0.15) is 0 Å². The Labute approximate surface area is 64.4 Å². The van der Waals surface area contributed by atoms with Gasteiger partial charge in [0.05, 0.1) is 6.17 Å². The molecule has 0 spiro atoms. The highest BCUT2D eigenvalue weighted by molar-refractivity contribution is 4.57. The molecule has 62 valence electrons. The second-order valence-corrected chi connectivity index (χ2v) is 3.08. The molecule has 0 saturated carbocycles. The molecular weight excluding hydrogens is 124 g/mol. The standard InChI is InChI=1S/C8H20N2/c1-5-9-8(4)10-6-7(2)3/h7-10H,5-6H2,1-4H3. The molecule has 0 amide bonds. The molecule has 0 heterocycles. The Hall–Kier alpha value is -0.0800. The third kappa shape index (κ3) is 6.05. The molecule has 1 atom stereocenters. The highest BCUT2D eigenvalue weighted by atomic mass is 15.1. The molecule has 0 aromatic rings. The molecule has 0 saturated heterocycles. The Kier molecular flexibility index (Phi) is 5.64. The Morgan fingerprint density at radius 2 is 1.70 bits per heavy atom. The maximum Gasteiger partial charge on any atom is 0.0542 e. The van der Waals surface area contributed by atoms with E-state index in [0.29, 0.717) is 6.17 Å².